The van der Waals surface area contributed by atoms with E-state index in [4.69, 9.17) is 0 Å². The lowest BCUT2D eigenvalue weighted by Crippen LogP contribution is -2.37. The van der Waals surface area contributed by atoms with Crippen molar-refractivity contribution in [1.82, 2.24) is 10.6 Å². The third-order valence-electron chi connectivity index (χ3n) is 4.35. The van der Waals surface area contributed by atoms with E-state index in [9.17, 15) is 10.1 Å². The number of nitro groups is 1. The summed E-state index contributed by atoms with van der Waals surface area (Å²) in [6.45, 7) is 4.30. The number of nitrogens with zero attached hydrogens (tertiary/aromatic N) is 1. The van der Waals surface area contributed by atoms with Gasteiger partial charge < -0.3 is 10.6 Å². The zero-order valence-electron chi connectivity index (χ0n) is 13.4. The Morgan fingerprint density at radius 1 is 1.32 bits per heavy atom. The molecule has 2 unspecified atom stereocenters. The Kier molecular flexibility index (Phi) is 6.80. The van der Waals surface area contributed by atoms with E-state index in [0.717, 1.165) is 25.1 Å². The summed E-state index contributed by atoms with van der Waals surface area (Å²) in [5.74, 6) is 0. The largest absolute Gasteiger partial charge is 0.314 e. The number of rotatable bonds is 7. The average molecular weight is 305 g/mol. The van der Waals surface area contributed by atoms with Crippen LogP contribution in [0.4, 0.5) is 5.69 Å². The molecule has 1 heterocycles. The fraction of sp³-hybridized carbons (Fsp3) is 0.647. The van der Waals surface area contributed by atoms with E-state index in [0.29, 0.717) is 12.1 Å². The molecule has 22 heavy (non-hydrogen) atoms. The van der Waals surface area contributed by atoms with Gasteiger partial charge in [-0.1, -0.05) is 25.0 Å². The second kappa shape index (κ2) is 8.86. The van der Waals surface area contributed by atoms with Crippen molar-refractivity contribution in [3.63, 3.8) is 0 Å². The van der Waals surface area contributed by atoms with E-state index in [1.807, 2.05) is 12.1 Å². The van der Waals surface area contributed by atoms with E-state index < -0.39 is 0 Å². The van der Waals surface area contributed by atoms with Gasteiger partial charge in [0, 0.05) is 24.2 Å². The van der Waals surface area contributed by atoms with Gasteiger partial charge in [0.1, 0.15) is 0 Å². The van der Waals surface area contributed by atoms with Crippen molar-refractivity contribution in [3.05, 3.63) is 39.9 Å². The summed E-state index contributed by atoms with van der Waals surface area (Å²) < 4.78 is 0. The summed E-state index contributed by atoms with van der Waals surface area (Å²) >= 11 is 0. The smallest absolute Gasteiger partial charge is 0.269 e. The molecule has 0 saturated carbocycles. The van der Waals surface area contributed by atoms with Crippen molar-refractivity contribution in [3.8, 4) is 0 Å². The molecule has 0 bridgehead atoms. The second-order valence-electron chi connectivity index (χ2n) is 6.26. The molecule has 1 aliphatic rings. The zero-order valence-corrected chi connectivity index (χ0v) is 13.4. The molecule has 1 aromatic carbocycles. The predicted molar refractivity (Wildman–Crippen MR) is 89.1 cm³/mol. The predicted octanol–water partition coefficient (Wildman–Crippen LogP) is 3.04. The van der Waals surface area contributed by atoms with Gasteiger partial charge in [0.25, 0.3) is 5.69 Å². The van der Waals surface area contributed by atoms with Crippen molar-refractivity contribution in [1.29, 1.82) is 0 Å². The molecule has 0 aromatic heterocycles. The molecule has 1 aromatic rings. The van der Waals surface area contributed by atoms with Crippen molar-refractivity contribution in [2.75, 3.05) is 13.1 Å². The molecular weight excluding hydrogens is 278 g/mol. The lowest BCUT2D eigenvalue weighted by molar-refractivity contribution is -0.384. The Labute approximate surface area is 132 Å². The molecule has 0 radical (unpaired) electrons. The third-order valence-corrected chi connectivity index (χ3v) is 4.35. The number of hydrogen-bond donors (Lipinski definition) is 2. The molecule has 5 heteroatoms. The summed E-state index contributed by atoms with van der Waals surface area (Å²) in [6.07, 6.45) is 7.35. The van der Waals surface area contributed by atoms with Crippen LogP contribution in [0.5, 0.6) is 0 Å². The fourth-order valence-electron chi connectivity index (χ4n) is 3.06. The SMILES string of the molecule is CC(CC1CCCCCN1)NCCc1ccc([N+](=O)[O-])cc1. The van der Waals surface area contributed by atoms with Crippen LogP contribution in [0.1, 0.15) is 44.6 Å². The first-order valence-electron chi connectivity index (χ1n) is 8.35. The van der Waals surface area contributed by atoms with Crippen molar-refractivity contribution in [2.24, 2.45) is 0 Å². The van der Waals surface area contributed by atoms with Gasteiger partial charge in [-0.3, -0.25) is 10.1 Å². The summed E-state index contributed by atoms with van der Waals surface area (Å²) in [5.41, 5.74) is 1.29. The van der Waals surface area contributed by atoms with Gasteiger partial charge >= 0.3 is 0 Å². The van der Waals surface area contributed by atoms with Gasteiger partial charge in [-0.2, -0.15) is 0 Å². The lowest BCUT2D eigenvalue weighted by Gasteiger charge is -2.21. The summed E-state index contributed by atoms with van der Waals surface area (Å²) in [5, 5.41) is 17.8. The van der Waals surface area contributed by atoms with Crippen molar-refractivity contribution < 1.29 is 4.92 Å². The molecule has 1 saturated heterocycles. The molecule has 1 aliphatic heterocycles. The molecule has 2 rings (SSSR count). The molecule has 0 spiro atoms. The lowest BCUT2D eigenvalue weighted by atomic mass is 10.0. The van der Waals surface area contributed by atoms with E-state index >= 15 is 0 Å². The minimum absolute atomic E-state index is 0.157. The van der Waals surface area contributed by atoms with E-state index in [1.54, 1.807) is 12.1 Å². The van der Waals surface area contributed by atoms with Gasteiger partial charge in [-0.05, 0) is 51.3 Å². The number of benzene rings is 1. The second-order valence-corrected chi connectivity index (χ2v) is 6.26. The molecule has 0 amide bonds. The maximum absolute atomic E-state index is 10.6. The number of nitro benzene ring substituents is 1. The molecule has 0 aliphatic carbocycles. The third kappa shape index (κ3) is 5.73. The van der Waals surface area contributed by atoms with Crippen LogP contribution < -0.4 is 10.6 Å². The topological polar surface area (TPSA) is 67.2 Å². The van der Waals surface area contributed by atoms with Crippen LogP contribution in [-0.2, 0) is 6.42 Å². The van der Waals surface area contributed by atoms with Gasteiger partial charge in [0.15, 0.2) is 0 Å². The Balaban J connectivity index is 1.67. The van der Waals surface area contributed by atoms with Crippen LogP contribution in [0.2, 0.25) is 0 Å². The highest BCUT2D eigenvalue weighted by atomic mass is 16.6. The van der Waals surface area contributed by atoms with Crippen molar-refractivity contribution in [2.45, 2.75) is 57.5 Å². The van der Waals surface area contributed by atoms with Crippen LogP contribution in [-0.4, -0.2) is 30.1 Å². The van der Waals surface area contributed by atoms with Gasteiger partial charge in [0.2, 0.25) is 0 Å². The maximum Gasteiger partial charge on any atom is 0.269 e. The highest BCUT2D eigenvalue weighted by Crippen LogP contribution is 2.13. The normalized spacial score (nSPS) is 20.3. The number of nitrogens with one attached hydrogen (secondary N) is 2. The Hall–Kier alpha value is -1.46. The molecule has 5 nitrogen and oxygen atoms in total. The van der Waals surface area contributed by atoms with Crippen LogP contribution in [0.25, 0.3) is 0 Å². The molecular formula is C17H27N3O2. The Bertz CT molecular complexity index is 453. The molecule has 2 atom stereocenters. The minimum Gasteiger partial charge on any atom is -0.314 e. The summed E-state index contributed by atoms with van der Waals surface area (Å²) in [4.78, 5) is 10.3. The molecule has 122 valence electrons. The van der Waals surface area contributed by atoms with E-state index in [-0.39, 0.29) is 10.6 Å². The number of non-ortho nitro benzene ring substituents is 1. The maximum atomic E-state index is 10.6. The minimum atomic E-state index is -0.357. The highest BCUT2D eigenvalue weighted by molar-refractivity contribution is 5.32. The monoisotopic (exact) mass is 305 g/mol. The van der Waals surface area contributed by atoms with Crippen LogP contribution in [0.3, 0.4) is 0 Å². The molecule has 2 N–H and O–H groups in total. The van der Waals surface area contributed by atoms with Gasteiger partial charge in [0.05, 0.1) is 4.92 Å². The first-order chi connectivity index (χ1) is 10.6. The van der Waals surface area contributed by atoms with E-state index in [1.165, 1.54) is 32.1 Å². The van der Waals surface area contributed by atoms with Crippen molar-refractivity contribution >= 4 is 5.69 Å². The first kappa shape index (κ1) is 16.9. The quantitative estimate of drug-likeness (QED) is 0.600. The van der Waals surface area contributed by atoms with Crippen LogP contribution in [0.15, 0.2) is 24.3 Å². The average Bonchev–Trinajstić information content (AvgIpc) is 2.76. The first-order valence-corrected chi connectivity index (χ1v) is 8.35. The highest BCUT2D eigenvalue weighted by Gasteiger charge is 2.14. The summed E-state index contributed by atoms with van der Waals surface area (Å²) in [6, 6.07) is 7.98. The standard InChI is InChI=1S/C17H27N3O2/c1-14(13-16-5-3-2-4-11-19-16)18-12-10-15-6-8-17(9-7-15)20(21)22/h6-9,14,16,18-19H,2-5,10-13H2,1H3. The Morgan fingerprint density at radius 3 is 2.82 bits per heavy atom. The fourth-order valence-corrected chi connectivity index (χ4v) is 3.06. The van der Waals surface area contributed by atoms with Gasteiger partial charge in [-0.25, -0.2) is 0 Å². The Morgan fingerprint density at radius 2 is 2.09 bits per heavy atom. The van der Waals surface area contributed by atoms with Gasteiger partial charge in [-0.15, -0.1) is 0 Å². The zero-order chi connectivity index (χ0) is 15.8. The number of hydrogen-bond acceptors (Lipinski definition) is 4. The van der Waals surface area contributed by atoms with Crippen LogP contribution >= 0.6 is 0 Å². The summed E-state index contributed by atoms with van der Waals surface area (Å²) in [7, 11) is 0. The van der Waals surface area contributed by atoms with Crippen LogP contribution in [0, 0.1) is 10.1 Å². The van der Waals surface area contributed by atoms with E-state index in [2.05, 4.69) is 17.6 Å². The molecule has 1 fully saturated rings.